The maximum Gasteiger partial charge on any atom is 0.325 e. The third-order valence-electron chi connectivity index (χ3n) is 7.24. The molecular formula is C31H30BrFN4O4. The van der Waals surface area contributed by atoms with E-state index in [1.54, 1.807) is 36.4 Å². The van der Waals surface area contributed by atoms with Crippen molar-refractivity contribution in [1.82, 2.24) is 20.2 Å². The third-order valence-corrected chi connectivity index (χ3v) is 7.73. The Morgan fingerprint density at radius 1 is 1.10 bits per heavy atom. The van der Waals surface area contributed by atoms with Gasteiger partial charge in [-0.15, -0.1) is 0 Å². The highest BCUT2D eigenvalue weighted by Gasteiger charge is 2.46. The molecule has 0 saturated carbocycles. The van der Waals surface area contributed by atoms with Crippen molar-refractivity contribution < 1.29 is 23.8 Å². The first kappa shape index (κ1) is 28.5. The van der Waals surface area contributed by atoms with Gasteiger partial charge in [-0.05, 0) is 47.9 Å². The summed E-state index contributed by atoms with van der Waals surface area (Å²) in [6.07, 6.45) is 0.539. The lowest BCUT2D eigenvalue weighted by Crippen LogP contribution is -2.38. The Morgan fingerprint density at radius 3 is 2.49 bits per heavy atom. The highest BCUT2D eigenvalue weighted by Crippen LogP contribution is 2.40. The first-order valence-electron chi connectivity index (χ1n) is 13.4. The summed E-state index contributed by atoms with van der Waals surface area (Å²) < 4.78 is 21.0. The number of H-pyrrole nitrogens is 1. The van der Waals surface area contributed by atoms with Gasteiger partial charge in [0, 0.05) is 21.6 Å². The number of carbonyl (C=O) groups excluding carboxylic acids is 2. The number of ether oxygens (including phenoxy) is 1. The van der Waals surface area contributed by atoms with Crippen molar-refractivity contribution in [1.29, 1.82) is 0 Å². The molecule has 1 aliphatic heterocycles. The van der Waals surface area contributed by atoms with E-state index in [1.807, 2.05) is 44.2 Å². The number of hydrogen-bond acceptors (Lipinski definition) is 5. The Balaban J connectivity index is 1.55. The van der Waals surface area contributed by atoms with E-state index in [0.29, 0.717) is 45.0 Å². The van der Waals surface area contributed by atoms with E-state index in [-0.39, 0.29) is 19.1 Å². The van der Waals surface area contributed by atoms with Crippen molar-refractivity contribution in [3.63, 3.8) is 0 Å². The summed E-state index contributed by atoms with van der Waals surface area (Å²) in [5.41, 5.74) is 2.99. The second kappa shape index (κ2) is 12.2. The van der Waals surface area contributed by atoms with Crippen LogP contribution in [0.1, 0.15) is 54.5 Å². The third kappa shape index (κ3) is 5.75. The summed E-state index contributed by atoms with van der Waals surface area (Å²) in [4.78, 5) is 36.8. The van der Waals surface area contributed by atoms with Gasteiger partial charge in [0.2, 0.25) is 0 Å². The van der Waals surface area contributed by atoms with Crippen molar-refractivity contribution in [2.45, 2.75) is 38.3 Å². The fourth-order valence-electron chi connectivity index (χ4n) is 5.15. The Hall–Kier alpha value is -4.02. The molecule has 3 atom stereocenters. The average molecular weight is 622 g/mol. The number of benzene rings is 3. The van der Waals surface area contributed by atoms with Crippen LogP contribution in [-0.2, 0) is 11.2 Å². The van der Waals surface area contributed by atoms with E-state index >= 15 is 4.39 Å². The van der Waals surface area contributed by atoms with Gasteiger partial charge in [-0.1, -0.05) is 72.2 Å². The Kier molecular flexibility index (Phi) is 8.51. The number of aliphatic hydroxyl groups is 1. The molecule has 3 amide bonds. The van der Waals surface area contributed by atoms with Crippen LogP contribution in [-0.4, -0.2) is 45.1 Å². The lowest BCUT2D eigenvalue weighted by atomic mass is 9.91. The minimum atomic E-state index is -0.899. The molecule has 1 fully saturated rings. The SMILES string of the molecule is CCc1[nH]c([C@H]([C@@H](C)c2ccccc2)N2C(=O)N[C@H](c3ccc(OCCO)cc3)C2=O)nc1-c1ccc(Br)cc1F. The number of nitrogens with zero attached hydrogens (tertiary/aromatic N) is 2. The van der Waals surface area contributed by atoms with Gasteiger partial charge in [-0.3, -0.25) is 9.69 Å². The van der Waals surface area contributed by atoms with Crippen molar-refractivity contribution in [2.24, 2.45) is 0 Å². The molecular weight excluding hydrogens is 591 g/mol. The summed E-state index contributed by atoms with van der Waals surface area (Å²) >= 11 is 3.30. The number of rotatable bonds is 10. The van der Waals surface area contributed by atoms with Crippen LogP contribution in [0.4, 0.5) is 9.18 Å². The first-order valence-corrected chi connectivity index (χ1v) is 14.2. The summed E-state index contributed by atoms with van der Waals surface area (Å²) in [6.45, 7) is 3.91. The zero-order chi connectivity index (χ0) is 29.1. The molecule has 0 radical (unpaired) electrons. The number of hydrogen-bond donors (Lipinski definition) is 3. The number of imidazole rings is 1. The maximum atomic E-state index is 15.0. The summed E-state index contributed by atoms with van der Waals surface area (Å²) in [6, 6.07) is 19.0. The van der Waals surface area contributed by atoms with E-state index in [0.717, 1.165) is 5.56 Å². The maximum absolute atomic E-state index is 15.0. The molecule has 41 heavy (non-hydrogen) atoms. The van der Waals surface area contributed by atoms with Gasteiger partial charge in [-0.2, -0.15) is 0 Å². The Labute approximate surface area is 245 Å². The smallest absolute Gasteiger partial charge is 0.325 e. The van der Waals surface area contributed by atoms with Gasteiger partial charge < -0.3 is 20.1 Å². The fourth-order valence-corrected chi connectivity index (χ4v) is 5.49. The predicted molar refractivity (Wildman–Crippen MR) is 156 cm³/mol. The second-order valence-electron chi connectivity index (χ2n) is 9.80. The van der Waals surface area contributed by atoms with Crippen molar-refractivity contribution in [3.05, 3.63) is 106 Å². The van der Waals surface area contributed by atoms with Crippen molar-refractivity contribution >= 4 is 27.9 Å². The number of amides is 3. The van der Waals surface area contributed by atoms with E-state index in [2.05, 4.69) is 26.2 Å². The van der Waals surface area contributed by atoms with Gasteiger partial charge in [0.25, 0.3) is 5.91 Å². The zero-order valence-corrected chi connectivity index (χ0v) is 24.2. The molecule has 212 valence electrons. The molecule has 1 aliphatic rings. The number of nitrogens with one attached hydrogen (secondary N) is 2. The molecule has 1 saturated heterocycles. The summed E-state index contributed by atoms with van der Waals surface area (Å²) in [5.74, 6) is -0.244. The molecule has 8 nitrogen and oxygen atoms in total. The van der Waals surface area contributed by atoms with Crippen LogP contribution >= 0.6 is 15.9 Å². The molecule has 5 rings (SSSR count). The number of carbonyl (C=O) groups is 2. The predicted octanol–water partition coefficient (Wildman–Crippen LogP) is 6.05. The van der Waals surface area contributed by atoms with Gasteiger partial charge >= 0.3 is 6.03 Å². The number of aryl methyl sites for hydroxylation is 1. The lowest BCUT2D eigenvalue weighted by Gasteiger charge is -2.29. The van der Waals surface area contributed by atoms with E-state index in [1.165, 1.54) is 11.0 Å². The molecule has 4 aromatic rings. The van der Waals surface area contributed by atoms with Crippen LogP contribution in [0.25, 0.3) is 11.3 Å². The van der Waals surface area contributed by atoms with Crippen molar-refractivity contribution in [3.8, 4) is 17.0 Å². The first-order chi connectivity index (χ1) is 19.8. The number of imide groups is 1. The molecule has 2 heterocycles. The summed E-state index contributed by atoms with van der Waals surface area (Å²) in [7, 11) is 0. The van der Waals surface area contributed by atoms with Gasteiger partial charge in [-0.25, -0.2) is 14.2 Å². The normalized spacial score (nSPS) is 16.5. The minimum absolute atomic E-state index is 0.114. The van der Waals surface area contributed by atoms with Gasteiger partial charge in [0.1, 0.15) is 36.1 Å². The number of aromatic nitrogens is 2. The number of aliphatic hydroxyl groups excluding tert-OH is 1. The van der Waals surface area contributed by atoms with E-state index in [9.17, 15) is 9.59 Å². The van der Waals surface area contributed by atoms with Crippen LogP contribution in [0, 0.1) is 5.82 Å². The molecule has 0 bridgehead atoms. The molecule has 3 aromatic carbocycles. The molecule has 0 aliphatic carbocycles. The van der Waals surface area contributed by atoms with Crippen LogP contribution in [0.3, 0.4) is 0 Å². The quantitative estimate of drug-likeness (QED) is 0.187. The highest BCUT2D eigenvalue weighted by molar-refractivity contribution is 9.10. The van der Waals surface area contributed by atoms with Gasteiger partial charge in [0.05, 0.1) is 12.3 Å². The molecule has 10 heteroatoms. The van der Waals surface area contributed by atoms with E-state index < -0.39 is 29.8 Å². The van der Waals surface area contributed by atoms with Crippen molar-refractivity contribution in [2.75, 3.05) is 13.2 Å². The number of urea groups is 1. The molecule has 1 aromatic heterocycles. The second-order valence-corrected chi connectivity index (χ2v) is 10.7. The minimum Gasteiger partial charge on any atom is -0.491 e. The average Bonchev–Trinajstić information content (AvgIpc) is 3.53. The summed E-state index contributed by atoms with van der Waals surface area (Å²) in [5, 5.41) is 11.8. The molecule has 0 spiro atoms. The standard InChI is InChI=1S/C31H30BrFN4O4/c1-3-25-27(23-14-11-21(32)17-24(23)33)35-29(34-25)28(18(2)19-7-5-4-6-8-19)37-30(39)26(36-31(37)40)20-9-12-22(13-10-20)41-16-15-38/h4-14,17-18,26,28,38H,3,15-16H2,1-2H3,(H,34,35)(H,36,40)/t18-,26+,28-/m0/s1. The molecule has 0 unspecified atom stereocenters. The number of aromatic amines is 1. The van der Waals surface area contributed by atoms with Crippen LogP contribution in [0.15, 0.2) is 77.3 Å². The fraction of sp³-hybridized carbons (Fsp3) is 0.258. The number of halogens is 2. The molecule has 3 N–H and O–H groups in total. The highest BCUT2D eigenvalue weighted by atomic mass is 79.9. The van der Waals surface area contributed by atoms with Crippen LogP contribution in [0.5, 0.6) is 5.75 Å². The monoisotopic (exact) mass is 620 g/mol. The Bertz CT molecular complexity index is 1540. The van der Waals surface area contributed by atoms with Crippen LogP contribution < -0.4 is 10.1 Å². The largest absolute Gasteiger partial charge is 0.491 e. The topological polar surface area (TPSA) is 108 Å². The van der Waals surface area contributed by atoms with E-state index in [4.69, 9.17) is 14.8 Å². The Morgan fingerprint density at radius 2 is 1.83 bits per heavy atom. The van der Waals surface area contributed by atoms with Crippen LogP contribution in [0.2, 0.25) is 0 Å². The zero-order valence-electron chi connectivity index (χ0n) is 22.6. The lowest BCUT2D eigenvalue weighted by molar-refractivity contribution is -0.129. The van der Waals surface area contributed by atoms with Gasteiger partial charge in [0.15, 0.2) is 0 Å².